The summed E-state index contributed by atoms with van der Waals surface area (Å²) in [6, 6.07) is 1.86. The van der Waals surface area contributed by atoms with Crippen molar-refractivity contribution in [3.8, 4) is 0 Å². The standard InChI is InChI=1S/C11H20N6/c1-13-9-8-10(16-11(12)15-9)14-4-7-17-5-2-3-6-17/h8H,2-7H2,1H3,(H4,12,13,14,15,16). The van der Waals surface area contributed by atoms with Gasteiger partial charge < -0.3 is 21.3 Å². The molecule has 1 saturated heterocycles. The van der Waals surface area contributed by atoms with Crippen molar-refractivity contribution in [3.05, 3.63) is 6.07 Å². The molecule has 0 radical (unpaired) electrons. The average Bonchev–Trinajstić information content (AvgIpc) is 2.81. The van der Waals surface area contributed by atoms with Gasteiger partial charge in [0.25, 0.3) is 0 Å². The van der Waals surface area contributed by atoms with Crippen molar-refractivity contribution in [2.75, 3.05) is 49.6 Å². The number of hydrogen-bond donors (Lipinski definition) is 3. The van der Waals surface area contributed by atoms with Crippen LogP contribution >= 0.6 is 0 Å². The van der Waals surface area contributed by atoms with Crippen molar-refractivity contribution in [1.29, 1.82) is 0 Å². The molecule has 2 heterocycles. The number of nitrogens with zero attached hydrogens (tertiary/aromatic N) is 3. The van der Waals surface area contributed by atoms with Crippen LogP contribution in [0.1, 0.15) is 12.8 Å². The highest BCUT2D eigenvalue weighted by Gasteiger charge is 2.10. The number of anilines is 3. The molecule has 0 bridgehead atoms. The lowest BCUT2D eigenvalue weighted by atomic mass is 10.4. The second-order valence-corrected chi connectivity index (χ2v) is 4.22. The van der Waals surface area contributed by atoms with Crippen LogP contribution in [0.4, 0.5) is 17.6 Å². The molecule has 6 heteroatoms. The third kappa shape index (κ3) is 3.45. The molecule has 0 spiro atoms. The van der Waals surface area contributed by atoms with E-state index in [0.29, 0.717) is 5.95 Å². The first-order chi connectivity index (χ1) is 8.28. The van der Waals surface area contributed by atoms with Gasteiger partial charge in [-0.2, -0.15) is 9.97 Å². The molecule has 1 aliphatic rings. The van der Waals surface area contributed by atoms with Gasteiger partial charge in [0.15, 0.2) is 0 Å². The molecule has 2 rings (SSSR count). The Hall–Kier alpha value is -1.56. The van der Waals surface area contributed by atoms with Gasteiger partial charge in [0, 0.05) is 26.2 Å². The molecule has 94 valence electrons. The zero-order valence-electron chi connectivity index (χ0n) is 10.2. The fraction of sp³-hybridized carbons (Fsp3) is 0.636. The molecule has 1 aromatic rings. The van der Waals surface area contributed by atoms with E-state index in [0.717, 1.165) is 24.7 Å². The normalized spacial score (nSPS) is 16.1. The summed E-state index contributed by atoms with van der Waals surface area (Å²) in [6.07, 6.45) is 2.65. The lowest BCUT2D eigenvalue weighted by molar-refractivity contribution is 0.352. The predicted octanol–water partition coefficient (Wildman–Crippen LogP) is 0.608. The molecule has 0 aliphatic carbocycles. The Balaban J connectivity index is 1.83. The number of aromatic nitrogens is 2. The van der Waals surface area contributed by atoms with Crippen LogP contribution in [0.3, 0.4) is 0 Å². The summed E-state index contributed by atoms with van der Waals surface area (Å²) < 4.78 is 0. The van der Waals surface area contributed by atoms with E-state index in [-0.39, 0.29) is 0 Å². The highest BCUT2D eigenvalue weighted by molar-refractivity contribution is 5.50. The predicted molar refractivity (Wildman–Crippen MR) is 70.2 cm³/mol. The first kappa shape index (κ1) is 11.9. The maximum atomic E-state index is 5.62. The summed E-state index contributed by atoms with van der Waals surface area (Å²) in [5, 5.41) is 6.23. The molecule has 0 saturated carbocycles. The lowest BCUT2D eigenvalue weighted by Gasteiger charge is -2.15. The monoisotopic (exact) mass is 236 g/mol. The van der Waals surface area contributed by atoms with Gasteiger partial charge in [-0.25, -0.2) is 0 Å². The fourth-order valence-electron chi connectivity index (χ4n) is 2.03. The van der Waals surface area contributed by atoms with E-state index < -0.39 is 0 Å². The number of likely N-dealkylation sites (tertiary alicyclic amines) is 1. The minimum Gasteiger partial charge on any atom is -0.373 e. The van der Waals surface area contributed by atoms with Gasteiger partial charge in [-0.3, -0.25) is 0 Å². The number of nitrogen functional groups attached to an aromatic ring is 1. The quantitative estimate of drug-likeness (QED) is 0.695. The van der Waals surface area contributed by atoms with Crippen molar-refractivity contribution in [1.82, 2.24) is 14.9 Å². The maximum Gasteiger partial charge on any atom is 0.223 e. The van der Waals surface area contributed by atoms with E-state index >= 15 is 0 Å². The zero-order valence-corrected chi connectivity index (χ0v) is 10.2. The minimum atomic E-state index is 0.292. The van der Waals surface area contributed by atoms with Crippen LogP contribution < -0.4 is 16.4 Å². The first-order valence-corrected chi connectivity index (χ1v) is 6.06. The summed E-state index contributed by atoms with van der Waals surface area (Å²) in [5.41, 5.74) is 5.62. The second kappa shape index (κ2) is 5.67. The molecule has 17 heavy (non-hydrogen) atoms. The summed E-state index contributed by atoms with van der Waals surface area (Å²) in [5.74, 6) is 1.81. The van der Waals surface area contributed by atoms with Gasteiger partial charge in [-0.15, -0.1) is 0 Å². The fourth-order valence-corrected chi connectivity index (χ4v) is 2.03. The van der Waals surface area contributed by atoms with Crippen LogP contribution in [-0.4, -0.2) is 48.1 Å². The number of rotatable bonds is 5. The molecule has 1 aliphatic heterocycles. The number of hydrogen-bond acceptors (Lipinski definition) is 6. The third-order valence-corrected chi connectivity index (χ3v) is 2.93. The Bertz CT molecular complexity index is 361. The Morgan fingerprint density at radius 1 is 1.29 bits per heavy atom. The second-order valence-electron chi connectivity index (χ2n) is 4.22. The van der Waals surface area contributed by atoms with E-state index in [4.69, 9.17) is 5.73 Å². The lowest BCUT2D eigenvalue weighted by Crippen LogP contribution is -2.26. The average molecular weight is 236 g/mol. The van der Waals surface area contributed by atoms with Crippen molar-refractivity contribution in [3.63, 3.8) is 0 Å². The molecule has 0 atom stereocenters. The molecule has 0 unspecified atom stereocenters. The van der Waals surface area contributed by atoms with Crippen molar-refractivity contribution >= 4 is 17.6 Å². The third-order valence-electron chi connectivity index (χ3n) is 2.93. The van der Waals surface area contributed by atoms with Crippen LogP contribution in [0.5, 0.6) is 0 Å². The van der Waals surface area contributed by atoms with Crippen molar-refractivity contribution in [2.24, 2.45) is 0 Å². The SMILES string of the molecule is CNc1cc(NCCN2CCCC2)nc(N)n1. The highest BCUT2D eigenvalue weighted by Crippen LogP contribution is 2.12. The van der Waals surface area contributed by atoms with Crippen molar-refractivity contribution < 1.29 is 0 Å². The topological polar surface area (TPSA) is 79.1 Å². The van der Waals surface area contributed by atoms with E-state index in [9.17, 15) is 0 Å². The van der Waals surface area contributed by atoms with Crippen LogP contribution in [0.15, 0.2) is 6.07 Å². The molecular weight excluding hydrogens is 216 g/mol. The summed E-state index contributed by atoms with van der Waals surface area (Å²) in [7, 11) is 1.82. The molecule has 0 amide bonds. The van der Waals surface area contributed by atoms with Crippen LogP contribution in [-0.2, 0) is 0 Å². The van der Waals surface area contributed by atoms with E-state index in [2.05, 4.69) is 25.5 Å². The molecule has 1 fully saturated rings. The summed E-state index contributed by atoms with van der Waals surface area (Å²) in [4.78, 5) is 10.6. The highest BCUT2D eigenvalue weighted by atomic mass is 15.2. The molecule has 6 nitrogen and oxygen atoms in total. The number of nitrogens with two attached hydrogens (primary N) is 1. The van der Waals surface area contributed by atoms with E-state index in [1.54, 1.807) is 0 Å². The smallest absolute Gasteiger partial charge is 0.223 e. The molecule has 1 aromatic heterocycles. The van der Waals surface area contributed by atoms with Gasteiger partial charge in [-0.1, -0.05) is 0 Å². The number of nitrogens with one attached hydrogen (secondary N) is 2. The molecule has 4 N–H and O–H groups in total. The zero-order chi connectivity index (χ0) is 12.1. The largest absolute Gasteiger partial charge is 0.373 e. The minimum absolute atomic E-state index is 0.292. The van der Waals surface area contributed by atoms with E-state index in [1.807, 2.05) is 13.1 Å². The Morgan fingerprint density at radius 3 is 2.71 bits per heavy atom. The molecule has 0 aromatic carbocycles. The van der Waals surface area contributed by atoms with Gasteiger partial charge in [-0.05, 0) is 25.9 Å². The van der Waals surface area contributed by atoms with E-state index in [1.165, 1.54) is 25.9 Å². The summed E-state index contributed by atoms with van der Waals surface area (Å²) in [6.45, 7) is 4.38. The van der Waals surface area contributed by atoms with Crippen molar-refractivity contribution in [2.45, 2.75) is 12.8 Å². The Morgan fingerprint density at radius 2 is 2.00 bits per heavy atom. The molecular formula is C11H20N6. The van der Waals surface area contributed by atoms with Crippen LogP contribution in [0.25, 0.3) is 0 Å². The van der Waals surface area contributed by atoms with Gasteiger partial charge in [0.05, 0.1) is 0 Å². The van der Waals surface area contributed by atoms with Gasteiger partial charge >= 0.3 is 0 Å². The summed E-state index contributed by atoms with van der Waals surface area (Å²) >= 11 is 0. The maximum absolute atomic E-state index is 5.62. The van der Waals surface area contributed by atoms with Crippen LogP contribution in [0.2, 0.25) is 0 Å². The Kier molecular flexibility index (Phi) is 3.98. The Labute approximate surface area is 102 Å². The first-order valence-electron chi connectivity index (χ1n) is 6.06. The van der Waals surface area contributed by atoms with Gasteiger partial charge in [0.2, 0.25) is 5.95 Å². The van der Waals surface area contributed by atoms with Crippen LogP contribution in [0, 0.1) is 0 Å². The van der Waals surface area contributed by atoms with Gasteiger partial charge in [0.1, 0.15) is 11.6 Å².